The number of cyclic esters (lactones) is 1. The van der Waals surface area contributed by atoms with Gasteiger partial charge >= 0.3 is 11.9 Å². The second-order valence-electron chi connectivity index (χ2n) is 17.9. The lowest BCUT2D eigenvalue weighted by Crippen LogP contribution is -2.61. The maximum Gasteiger partial charge on any atom is 0.313 e. The van der Waals surface area contributed by atoms with Gasteiger partial charge in [-0.25, -0.2) is 4.39 Å². The number of carbonyl (C=O) groups is 2. The van der Waals surface area contributed by atoms with Crippen molar-refractivity contribution in [1.29, 1.82) is 0 Å². The Morgan fingerprint density at radius 2 is 1.37 bits per heavy atom. The van der Waals surface area contributed by atoms with Gasteiger partial charge in [-0.1, -0.05) is 80.7 Å². The lowest BCUT2D eigenvalue weighted by Gasteiger charge is -2.45. The number of methoxy groups -OCH3 is 1. The van der Waals surface area contributed by atoms with Crippen LogP contribution in [0.1, 0.15) is 79.1 Å². The lowest BCUT2D eigenvalue weighted by molar-refractivity contribution is -0.308. The predicted molar refractivity (Wildman–Crippen MR) is 241 cm³/mol. The van der Waals surface area contributed by atoms with Crippen LogP contribution in [0.15, 0.2) is 84.8 Å². The molecule has 0 spiro atoms. The van der Waals surface area contributed by atoms with Gasteiger partial charge in [-0.15, -0.1) is 0 Å². The zero-order valence-electron chi connectivity index (χ0n) is 38.8. The van der Waals surface area contributed by atoms with Gasteiger partial charge in [0.2, 0.25) is 0 Å². The fourth-order valence-corrected chi connectivity index (χ4v) is 8.12. The summed E-state index contributed by atoms with van der Waals surface area (Å²) in [4.78, 5) is 25.7. The quantitative estimate of drug-likeness (QED) is 0.177. The van der Waals surface area contributed by atoms with Crippen LogP contribution < -0.4 is 5.73 Å². The summed E-state index contributed by atoms with van der Waals surface area (Å²) in [5.74, 6) is -6.77. The first-order valence-corrected chi connectivity index (χ1v) is 22.8. The molecule has 3 aliphatic rings. The van der Waals surface area contributed by atoms with E-state index in [0.717, 1.165) is 7.11 Å². The predicted octanol–water partition coefficient (Wildman–Crippen LogP) is 1.10. The summed E-state index contributed by atoms with van der Waals surface area (Å²) in [7, 11) is 1.10. The number of aliphatic hydroxyl groups excluding tert-OH is 9. The molecule has 3 aliphatic heterocycles. The number of hydrogen-bond acceptors (Lipinski definition) is 18. The van der Waals surface area contributed by atoms with Crippen molar-refractivity contribution in [2.45, 2.75) is 177 Å². The number of rotatable bonds is 3. The molecular weight excluding hydrogens is 882 g/mol. The van der Waals surface area contributed by atoms with Crippen LogP contribution in [0.2, 0.25) is 0 Å². The molecule has 0 radical (unpaired) electrons. The molecule has 18 nitrogen and oxygen atoms in total. The van der Waals surface area contributed by atoms with Crippen molar-refractivity contribution in [3.05, 3.63) is 84.8 Å². The topological polar surface area (TPSA) is 309 Å². The van der Waals surface area contributed by atoms with Gasteiger partial charge in [0, 0.05) is 37.5 Å². The van der Waals surface area contributed by atoms with E-state index >= 15 is 0 Å². The normalized spacial score (nSPS) is 44.9. The van der Waals surface area contributed by atoms with E-state index in [1.54, 1.807) is 69.4 Å². The molecule has 0 unspecified atom stereocenters. The molecular formula is C48H74FNO17. The summed E-state index contributed by atoms with van der Waals surface area (Å²) in [5, 5.41) is 109. The Morgan fingerprint density at radius 1 is 0.731 bits per heavy atom. The zero-order valence-corrected chi connectivity index (χ0v) is 38.8. The van der Waals surface area contributed by atoms with E-state index < -0.39 is 153 Å². The molecule has 19 atom stereocenters. The Kier molecular flexibility index (Phi) is 24.4. The van der Waals surface area contributed by atoms with Crippen molar-refractivity contribution in [2.24, 2.45) is 23.5 Å². The number of esters is 2. The highest BCUT2D eigenvalue weighted by Gasteiger charge is 2.51. The van der Waals surface area contributed by atoms with Crippen LogP contribution in [0.4, 0.5) is 4.39 Å². The van der Waals surface area contributed by atoms with Crippen LogP contribution in [-0.4, -0.2) is 168 Å². The maximum atomic E-state index is 14.4. The number of nitrogens with two attached hydrogens (primary N) is 1. The third-order valence-electron chi connectivity index (χ3n) is 12.3. The van der Waals surface area contributed by atoms with E-state index in [1.807, 2.05) is 0 Å². The first-order chi connectivity index (χ1) is 31.5. The molecule has 0 aromatic carbocycles. The molecule has 67 heavy (non-hydrogen) atoms. The largest absolute Gasteiger partial charge is 0.469 e. The smallest absolute Gasteiger partial charge is 0.313 e. The van der Waals surface area contributed by atoms with Gasteiger partial charge in [-0.2, -0.15) is 0 Å². The molecule has 380 valence electrons. The summed E-state index contributed by atoms with van der Waals surface area (Å²) in [5.41, 5.74) is 6.04. The number of aliphatic hydroxyl groups is 10. The minimum absolute atomic E-state index is 0.114. The van der Waals surface area contributed by atoms with E-state index in [9.17, 15) is 65.0 Å². The zero-order chi connectivity index (χ0) is 50.0. The number of halogens is 1. The Balaban J connectivity index is 1.90. The SMILES string of the molecule is COC(=O)[C@H]1[C@@H]2C[C@@H](O[C@@H]3O[C@H](C)[C@@H](O)[C@H](N)[C@@H]3O)/C=C/C=C/C=C/C=C/C(F)=C/C=C/C=C/[C@H](C)[C@@H](O)[C@@H](C)[C@H](C)OC(=O)C[C@H](O)C[C@H](O)CC[C@@H](O)[C@H](O)C[C@H](O)C[C@](O)(C[C@@H]1O)O2. The monoisotopic (exact) mass is 955 g/mol. The Bertz CT molecular complexity index is 1740. The van der Waals surface area contributed by atoms with Crippen molar-refractivity contribution in [2.75, 3.05) is 7.11 Å². The summed E-state index contributed by atoms with van der Waals surface area (Å²) < 4.78 is 42.7. The highest BCUT2D eigenvalue weighted by molar-refractivity contribution is 5.74. The number of allylic oxidation sites excluding steroid dienone is 12. The average molecular weight is 956 g/mol. The van der Waals surface area contributed by atoms with Gasteiger partial charge in [0.15, 0.2) is 12.1 Å². The maximum absolute atomic E-state index is 14.4. The lowest BCUT2D eigenvalue weighted by atomic mass is 9.82. The number of ether oxygens (including phenoxy) is 5. The third kappa shape index (κ3) is 19.1. The van der Waals surface area contributed by atoms with Crippen molar-refractivity contribution < 1.29 is 88.7 Å². The molecule has 3 rings (SSSR count). The van der Waals surface area contributed by atoms with E-state index in [2.05, 4.69) is 0 Å². The van der Waals surface area contributed by atoms with Crippen LogP contribution >= 0.6 is 0 Å². The summed E-state index contributed by atoms with van der Waals surface area (Å²) in [6, 6.07) is -1.16. The van der Waals surface area contributed by atoms with Crippen LogP contribution in [0.5, 0.6) is 0 Å². The molecule has 2 saturated heterocycles. The fraction of sp³-hybridized carbons (Fsp3) is 0.667. The molecule has 0 aromatic rings. The van der Waals surface area contributed by atoms with Gasteiger partial charge in [-0.05, 0) is 45.3 Å². The van der Waals surface area contributed by atoms with Gasteiger partial charge in [0.25, 0.3) is 0 Å². The van der Waals surface area contributed by atoms with E-state index in [0.29, 0.717) is 0 Å². The fourth-order valence-electron chi connectivity index (χ4n) is 8.12. The first-order valence-electron chi connectivity index (χ1n) is 22.8. The minimum atomic E-state index is -2.30. The average Bonchev–Trinajstić information content (AvgIpc) is 3.25. The van der Waals surface area contributed by atoms with Crippen LogP contribution in [0.3, 0.4) is 0 Å². The molecule has 2 fully saturated rings. The van der Waals surface area contributed by atoms with Crippen LogP contribution in [0, 0.1) is 17.8 Å². The van der Waals surface area contributed by atoms with Crippen LogP contribution in [0.25, 0.3) is 0 Å². The molecule has 19 heteroatoms. The number of hydrogen-bond donors (Lipinski definition) is 11. The number of fused-ring (bicyclic) bond motifs is 2. The molecule has 3 heterocycles. The molecule has 12 N–H and O–H groups in total. The molecule has 2 bridgehead atoms. The first kappa shape index (κ1) is 57.8. The summed E-state index contributed by atoms with van der Waals surface area (Å²) in [6.45, 7) is 6.60. The number of carbonyl (C=O) groups excluding carboxylic acids is 2. The van der Waals surface area contributed by atoms with Gasteiger partial charge < -0.3 is 80.5 Å². The molecule has 0 aromatic heterocycles. The standard InChI is InChI=1S/C48H74FNO17/c1-27-15-11-10-13-17-31(49)16-12-8-6-7-9-14-18-35(66-47-45(60)42(50)44(59)30(4)65-47)24-39-41(46(61)63-5)38(56)26-48(62,67-39)25-34(53)22-37(55)36(54)20-19-32(51)21-33(52)23-40(57)64-29(3)28(2)43(27)58/h6-18,27-30,32-39,41-45,47,51-56,58-60,62H,19-26,50H2,1-5H3/b8-6+,9-7+,13-10+,15-11+,16-12+,18-14+,31-17-/t27-,28-,29-,30+,32+,33+,34-,35-,36+,37+,38-,39-,41+,42-,43+,44+,45-,47-,48+/m0/s1. The molecule has 0 amide bonds. The van der Waals surface area contributed by atoms with E-state index in [1.165, 1.54) is 37.3 Å². The van der Waals surface area contributed by atoms with Crippen molar-refractivity contribution in [1.82, 2.24) is 0 Å². The van der Waals surface area contributed by atoms with Gasteiger partial charge in [0.1, 0.15) is 24.0 Å². The summed E-state index contributed by atoms with van der Waals surface area (Å²) >= 11 is 0. The third-order valence-corrected chi connectivity index (χ3v) is 12.3. The van der Waals surface area contributed by atoms with E-state index in [4.69, 9.17) is 29.4 Å². The Labute approximate surface area is 391 Å². The Hall–Kier alpha value is -3.51. The van der Waals surface area contributed by atoms with Crippen molar-refractivity contribution in [3.8, 4) is 0 Å². The van der Waals surface area contributed by atoms with E-state index in [-0.39, 0.29) is 31.6 Å². The Morgan fingerprint density at radius 3 is 2.06 bits per heavy atom. The van der Waals surface area contributed by atoms with Gasteiger partial charge in [-0.3, -0.25) is 9.59 Å². The highest BCUT2D eigenvalue weighted by Crippen LogP contribution is 2.38. The van der Waals surface area contributed by atoms with Crippen molar-refractivity contribution in [3.63, 3.8) is 0 Å². The van der Waals surface area contributed by atoms with Crippen LogP contribution in [-0.2, 0) is 33.3 Å². The molecule has 0 aliphatic carbocycles. The minimum Gasteiger partial charge on any atom is -0.469 e. The second-order valence-corrected chi connectivity index (χ2v) is 17.9. The van der Waals surface area contributed by atoms with Gasteiger partial charge in [0.05, 0.1) is 86.7 Å². The summed E-state index contributed by atoms with van der Waals surface area (Å²) in [6.07, 6.45) is -1.01. The van der Waals surface area contributed by atoms with Crippen molar-refractivity contribution >= 4 is 11.9 Å². The second kappa shape index (κ2) is 28.2. The molecule has 0 saturated carbocycles. The highest BCUT2D eigenvalue weighted by atomic mass is 19.1.